The van der Waals surface area contributed by atoms with Gasteiger partial charge in [0.15, 0.2) is 5.78 Å². The molecule has 4 nitrogen and oxygen atoms in total. The van der Waals surface area contributed by atoms with Crippen LogP contribution in [0.5, 0.6) is 11.5 Å². The van der Waals surface area contributed by atoms with Crippen LogP contribution >= 0.6 is 0 Å². The SMILES string of the molecule is C=CCc1ccc(OCCC)c(C=CC(=O)c2ccc(NC)cc2)c1OCCC. The third-order valence-corrected chi connectivity index (χ3v) is 4.37. The highest BCUT2D eigenvalue weighted by Gasteiger charge is 2.14. The van der Waals surface area contributed by atoms with E-state index in [9.17, 15) is 4.79 Å². The summed E-state index contributed by atoms with van der Waals surface area (Å²) in [6, 6.07) is 11.4. The van der Waals surface area contributed by atoms with Crippen molar-refractivity contribution in [1.29, 1.82) is 0 Å². The zero-order chi connectivity index (χ0) is 21.1. The quantitative estimate of drug-likeness (QED) is 0.276. The standard InChI is InChI=1S/C25H31NO3/c1-5-8-20-11-16-24(28-17-6-2)22(25(20)29-18-7-3)14-15-23(27)19-9-12-21(26-4)13-10-19/h5,9-16,26H,1,6-8,17-18H2,2-4H3. The molecule has 4 heteroatoms. The van der Waals surface area contributed by atoms with Gasteiger partial charge in [-0.25, -0.2) is 0 Å². The predicted octanol–water partition coefficient (Wildman–Crippen LogP) is 5.93. The second-order valence-corrected chi connectivity index (χ2v) is 6.68. The molecular formula is C25H31NO3. The first-order valence-electron chi connectivity index (χ1n) is 10.2. The molecule has 29 heavy (non-hydrogen) atoms. The van der Waals surface area contributed by atoms with Crippen molar-refractivity contribution in [2.75, 3.05) is 25.6 Å². The Bertz CT molecular complexity index is 838. The fourth-order valence-corrected chi connectivity index (χ4v) is 2.87. The molecule has 0 radical (unpaired) electrons. The van der Waals surface area contributed by atoms with E-state index in [4.69, 9.17) is 9.47 Å². The van der Waals surface area contributed by atoms with Gasteiger partial charge in [-0.05, 0) is 67.3 Å². The first-order valence-corrected chi connectivity index (χ1v) is 10.2. The van der Waals surface area contributed by atoms with Gasteiger partial charge in [0.05, 0.1) is 18.8 Å². The van der Waals surface area contributed by atoms with Crippen molar-refractivity contribution in [2.45, 2.75) is 33.1 Å². The lowest BCUT2D eigenvalue weighted by atomic mass is 10.0. The molecule has 0 aliphatic carbocycles. The molecule has 0 aliphatic rings. The van der Waals surface area contributed by atoms with Gasteiger partial charge in [-0.15, -0.1) is 6.58 Å². The van der Waals surface area contributed by atoms with Crippen molar-refractivity contribution in [3.05, 3.63) is 71.8 Å². The number of hydrogen-bond acceptors (Lipinski definition) is 4. The lowest BCUT2D eigenvalue weighted by Gasteiger charge is -2.17. The lowest BCUT2D eigenvalue weighted by Crippen LogP contribution is -2.04. The molecule has 0 bridgehead atoms. The monoisotopic (exact) mass is 393 g/mol. The van der Waals surface area contributed by atoms with Gasteiger partial charge >= 0.3 is 0 Å². The average Bonchev–Trinajstić information content (AvgIpc) is 2.76. The molecule has 0 unspecified atom stereocenters. The second kappa shape index (κ2) is 11.7. The molecule has 0 saturated heterocycles. The van der Waals surface area contributed by atoms with Gasteiger partial charge in [-0.3, -0.25) is 4.79 Å². The maximum Gasteiger partial charge on any atom is 0.185 e. The van der Waals surface area contributed by atoms with Crippen LogP contribution < -0.4 is 14.8 Å². The van der Waals surface area contributed by atoms with Crippen LogP contribution in [0, 0.1) is 0 Å². The molecule has 0 heterocycles. The Morgan fingerprint density at radius 2 is 1.72 bits per heavy atom. The van der Waals surface area contributed by atoms with Crippen molar-refractivity contribution in [1.82, 2.24) is 0 Å². The summed E-state index contributed by atoms with van der Waals surface area (Å²) in [6.45, 7) is 9.18. The van der Waals surface area contributed by atoms with Crippen LogP contribution in [0.4, 0.5) is 5.69 Å². The minimum atomic E-state index is -0.0651. The molecule has 2 aromatic rings. The summed E-state index contributed by atoms with van der Waals surface area (Å²) in [4.78, 5) is 12.7. The van der Waals surface area contributed by atoms with Crippen LogP contribution in [-0.4, -0.2) is 26.0 Å². The van der Waals surface area contributed by atoms with Gasteiger partial charge in [0, 0.05) is 18.3 Å². The maximum absolute atomic E-state index is 12.7. The molecule has 0 spiro atoms. The van der Waals surface area contributed by atoms with E-state index in [2.05, 4.69) is 25.7 Å². The number of anilines is 1. The topological polar surface area (TPSA) is 47.6 Å². The summed E-state index contributed by atoms with van der Waals surface area (Å²) in [7, 11) is 1.85. The number of ketones is 1. The largest absolute Gasteiger partial charge is 0.493 e. The van der Waals surface area contributed by atoms with Crippen LogP contribution in [0.25, 0.3) is 6.08 Å². The van der Waals surface area contributed by atoms with Crippen LogP contribution in [0.15, 0.2) is 55.1 Å². The fourth-order valence-electron chi connectivity index (χ4n) is 2.87. The zero-order valence-electron chi connectivity index (χ0n) is 17.7. The van der Waals surface area contributed by atoms with Crippen molar-refractivity contribution in [3.63, 3.8) is 0 Å². The Balaban J connectivity index is 2.41. The molecule has 0 fully saturated rings. The summed E-state index contributed by atoms with van der Waals surface area (Å²) < 4.78 is 12.0. The van der Waals surface area contributed by atoms with Gasteiger partial charge in [0.2, 0.25) is 0 Å². The van der Waals surface area contributed by atoms with Crippen molar-refractivity contribution < 1.29 is 14.3 Å². The summed E-state index contributed by atoms with van der Waals surface area (Å²) in [5.41, 5.74) is 3.43. The first kappa shape index (κ1) is 22.3. The highest BCUT2D eigenvalue weighted by atomic mass is 16.5. The van der Waals surface area contributed by atoms with Gasteiger partial charge in [-0.1, -0.05) is 26.0 Å². The van der Waals surface area contributed by atoms with E-state index in [-0.39, 0.29) is 5.78 Å². The van der Waals surface area contributed by atoms with E-state index >= 15 is 0 Å². The van der Waals surface area contributed by atoms with Gasteiger partial charge < -0.3 is 14.8 Å². The maximum atomic E-state index is 12.7. The molecule has 0 aromatic heterocycles. The Kier molecular flexibility index (Phi) is 9.03. The Labute approximate surface area is 174 Å². The number of rotatable bonds is 12. The number of carbonyl (C=O) groups is 1. The van der Waals surface area contributed by atoms with Gasteiger partial charge in [0.25, 0.3) is 0 Å². The number of hydrogen-bond donors (Lipinski definition) is 1. The normalized spacial score (nSPS) is 10.7. The van der Waals surface area contributed by atoms with E-state index in [1.807, 2.05) is 49.5 Å². The predicted molar refractivity (Wildman–Crippen MR) is 121 cm³/mol. The molecular weight excluding hydrogens is 362 g/mol. The highest BCUT2D eigenvalue weighted by molar-refractivity contribution is 6.07. The van der Waals surface area contributed by atoms with Crippen LogP contribution in [0.2, 0.25) is 0 Å². The van der Waals surface area contributed by atoms with Crippen molar-refractivity contribution >= 4 is 17.5 Å². The third kappa shape index (κ3) is 6.24. The molecule has 0 saturated carbocycles. The van der Waals surface area contributed by atoms with Crippen molar-refractivity contribution in [3.8, 4) is 11.5 Å². The summed E-state index contributed by atoms with van der Waals surface area (Å²) in [6.07, 6.45) is 7.72. The first-order chi connectivity index (χ1) is 14.1. The summed E-state index contributed by atoms with van der Waals surface area (Å²) in [5.74, 6) is 1.42. The van der Waals surface area contributed by atoms with Crippen LogP contribution in [0.3, 0.4) is 0 Å². The van der Waals surface area contributed by atoms with E-state index in [0.29, 0.717) is 25.2 Å². The molecule has 2 aromatic carbocycles. The third-order valence-electron chi connectivity index (χ3n) is 4.37. The molecule has 154 valence electrons. The van der Waals surface area contributed by atoms with Crippen molar-refractivity contribution in [2.24, 2.45) is 0 Å². The van der Waals surface area contributed by atoms with Gasteiger partial charge in [0.1, 0.15) is 11.5 Å². The Morgan fingerprint density at radius 1 is 1.03 bits per heavy atom. The smallest absolute Gasteiger partial charge is 0.185 e. The zero-order valence-corrected chi connectivity index (χ0v) is 17.7. The molecule has 0 amide bonds. The number of allylic oxidation sites excluding steroid dienone is 2. The molecule has 0 atom stereocenters. The van der Waals surface area contributed by atoms with E-state index < -0.39 is 0 Å². The number of benzene rings is 2. The van der Waals surface area contributed by atoms with E-state index in [1.165, 1.54) is 0 Å². The highest BCUT2D eigenvalue weighted by Crippen LogP contribution is 2.35. The average molecular weight is 394 g/mol. The molecule has 1 N–H and O–H groups in total. The van der Waals surface area contributed by atoms with Crippen LogP contribution in [0.1, 0.15) is 48.2 Å². The summed E-state index contributed by atoms with van der Waals surface area (Å²) in [5, 5.41) is 3.05. The second-order valence-electron chi connectivity index (χ2n) is 6.68. The Hall–Kier alpha value is -3.01. The fraction of sp³-hybridized carbons (Fsp3) is 0.320. The molecule has 0 aliphatic heterocycles. The van der Waals surface area contributed by atoms with Crippen LogP contribution in [-0.2, 0) is 6.42 Å². The number of ether oxygens (including phenoxy) is 2. The Morgan fingerprint density at radius 3 is 2.34 bits per heavy atom. The number of carbonyl (C=O) groups excluding carboxylic acids is 1. The minimum Gasteiger partial charge on any atom is -0.493 e. The molecule has 2 rings (SSSR count). The minimum absolute atomic E-state index is 0.0651. The van der Waals surface area contributed by atoms with E-state index in [0.717, 1.165) is 41.2 Å². The number of nitrogens with one attached hydrogen (secondary N) is 1. The summed E-state index contributed by atoms with van der Waals surface area (Å²) >= 11 is 0. The van der Waals surface area contributed by atoms with Gasteiger partial charge in [-0.2, -0.15) is 0 Å². The van der Waals surface area contributed by atoms with E-state index in [1.54, 1.807) is 12.2 Å². The lowest BCUT2D eigenvalue weighted by molar-refractivity contribution is 0.104.